The molecule has 102 valence electrons. The van der Waals surface area contributed by atoms with Crippen LogP contribution in [0.3, 0.4) is 0 Å². The predicted octanol–water partition coefficient (Wildman–Crippen LogP) is 3.62. The number of hydrogen-bond donors (Lipinski definition) is 3. The van der Waals surface area contributed by atoms with E-state index >= 15 is 0 Å². The summed E-state index contributed by atoms with van der Waals surface area (Å²) in [6.07, 6.45) is 8.49. The highest BCUT2D eigenvalue weighted by molar-refractivity contribution is 5.42. The average molecular weight is 260 g/mol. The van der Waals surface area contributed by atoms with Crippen LogP contribution in [0.2, 0.25) is 0 Å². The van der Waals surface area contributed by atoms with Crippen LogP contribution in [-0.2, 0) is 5.41 Å². The van der Waals surface area contributed by atoms with Gasteiger partial charge in [0.1, 0.15) is 17.3 Å². The van der Waals surface area contributed by atoms with Crippen molar-refractivity contribution >= 4 is 0 Å². The number of aliphatic hydroxyl groups is 1. The molecule has 0 unspecified atom stereocenters. The van der Waals surface area contributed by atoms with Crippen LogP contribution in [-0.4, -0.2) is 15.3 Å². The summed E-state index contributed by atoms with van der Waals surface area (Å²) < 4.78 is 0. The monoisotopic (exact) mass is 260 g/mol. The van der Waals surface area contributed by atoms with E-state index in [0.29, 0.717) is 6.42 Å². The Bertz CT molecular complexity index is 507. The van der Waals surface area contributed by atoms with Gasteiger partial charge in [-0.15, -0.1) is 6.42 Å². The normalized spacial score (nSPS) is 12.2. The number of rotatable bonds is 5. The Hall–Kier alpha value is -2.08. The summed E-state index contributed by atoms with van der Waals surface area (Å²) in [5, 5.41) is 28.6. The third-order valence-corrected chi connectivity index (χ3v) is 3.20. The Kier molecular flexibility index (Phi) is 4.88. The van der Waals surface area contributed by atoms with E-state index in [0.717, 1.165) is 18.4 Å². The second kappa shape index (κ2) is 6.19. The molecule has 0 radical (unpaired) electrons. The quantitative estimate of drug-likeness (QED) is 0.559. The molecule has 0 amide bonds. The molecule has 0 aliphatic heterocycles. The summed E-state index contributed by atoms with van der Waals surface area (Å²) >= 11 is 0. The van der Waals surface area contributed by atoms with Crippen molar-refractivity contribution in [2.75, 3.05) is 0 Å². The van der Waals surface area contributed by atoms with Gasteiger partial charge >= 0.3 is 0 Å². The van der Waals surface area contributed by atoms with Gasteiger partial charge < -0.3 is 15.3 Å². The van der Waals surface area contributed by atoms with Gasteiger partial charge in [0, 0.05) is 18.6 Å². The number of aromatic hydroxyl groups is 2. The molecule has 3 nitrogen and oxygen atoms in total. The van der Waals surface area contributed by atoms with Gasteiger partial charge in [-0.2, -0.15) is 0 Å². The van der Waals surface area contributed by atoms with E-state index in [4.69, 9.17) is 6.42 Å². The van der Waals surface area contributed by atoms with Crippen molar-refractivity contribution < 1.29 is 15.3 Å². The van der Waals surface area contributed by atoms with Crippen LogP contribution in [0.5, 0.6) is 11.5 Å². The molecular formula is C16H20O3. The third kappa shape index (κ3) is 4.26. The first kappa shape index (κ1) is 15.0. The van der Waals surface area contributed by atoms with E-state index in [2.05, 4.69) is 5.92 Å². The number of terminal acetylenes is 1. The van der Waals surface area contributed by atoms with Gasteiger partial charge in [0.25, 0.3) is 0 Å². The Morgan fingerprint density at radius 1 is 1.37 bits per heavy atom. The number of phenols is 2. The summed E-state index contributed by atoms with van der Waals surface area (Å²) in [7, 11) is 0. The summed E-state index contributed by atoms with van der Waals surface area (Å²) in [5.74, 6) is 2.62. The molecule has 0 heterocycles. The maximum absolute atomic E-state index is 9.87. The zero-order valence-electron chi connectivity index (χ0n) is 11.3. The Balaban J connectivity index is 2.71. The predicted molar refractivity (Wildman–Crippen MR) is 76.2 cm³/mol. The van der Waals surface area contributed by atoms with Crippen LogP contribution < -0.4 is 0 Å². The highest BCUT2D eigenvalue weighted by Crippen LogP contribution is 2.36. The Labute approximate surface area is 114 Å². The molecule has 1 rings (SSSR count). The highest BCUT2D eigenvalue weighted by atomic mass is 16.3. The van der Waals surface area contributed by atoms with Crippen molar-refractivity contribution in [2.45, 2.75) is 38.5 Å². The second-order valence-electron chi connectivity index (χ2n) is 5.24. The van der Waals surface area contributed by atoms with Crippen LogP contribution in [0.1, 0.15) is 38.7 Å². The molecule has 0 saturated heterocycles. The molecule has 0 saturated carbocycles. The van der Waals surface area contributed by atoms with E-state index in [1.54, 1.807) is 12.1 Å². The van der Waals surface area contributed by atoms with Gasteiger partial charge in [-0.1, -0.05) is 25.8 Å². The zero-order valence-corrected chi connectivity index (χ0v) is 11.3. The smallest absolute Gasteiger partial charge is 0.122 e. The van der Waals surface area contributed by atoms with Crippen molar-refractivity contribution in [3.05, 3.63) is 35.6 Å². The molecule has 0 atom stereocenters. The van der Waals surface area contributed by atoms with E-state index in [1.807, 2.05) is 13.8 Å². The lowest BCUT2D eigenvalue weighted by Crippen LogP contribution is -2.17. The zero-order chi connectivity index (χ0) is 14.5. The molecular weight excluding hydrogens is 240 g/mol. The van der Waals surface area contributed by atoms with Crippen LogP contribution >= 0.6 is 0 Å². The lowest BCUT2D eigenvalue weighted by molar-refractivity contribution is 0.362. The Morgan fingerprint density at radius 2 is 2.05 bits per heavy atom. The SMILES string of the molecule is C#C/C=C(/O)CCCC(C)(C)c1ccc(O)cc1O. The molecule has 3 N–H and O–H groups in total. The van der Waals surface area contributed by atoms with Crippen molar-refractivity contribution in [3.8, 4) is 23.8 Å². The number of aliphatic hydroxyl groups excluding tert-OH is 1. The van der Waals surface area contributed by atoms with Gasteiger partial charge in [-0.3, -0.25) is 0 Å². The van der Waals surface area contributed by atoms with E-state index in [-0.39, 0.29) is 22.7 Å². The van der Waals surface area contributed by atoms with Crippen molar-refractivity contribution in [1.29, 1.82) is 0 Å². The summed E-state index contributed by atoms with van der Waals surface area (Å²) in [6.45, 7) is 4.03. The van der Waals surface area contributed by atoms with Gasteiger partial charge in [-0.05, 0) is 29.9 Å². The topological polar surface area (TPSA) is 60.7 Å². The fraction of sp³-hybridized carbons (Fsp3) is 0.375. The fourth-order valence-corrected chi connectivity index (χ4v) is 2.11. The van der Waals surface area contributed by atoms with Crippen LogP contribution in [0.15, 0.2) is 30.0 Å². The maximum atomic E-state index is 9.87. The Morgan fingerprint density at radius 3 is 2.63 bits per heavy atom. The van der Waals surface area contributed by atoms with E-state index in [9.17, 15) is 15.3 Å². The molecule has 1 aromatic carbocycles. The van der Waals surface area contributed by atoms with Gasteiger partial charge in [0.05, 0.1) is 0 Å². The number of hydrogen-bond acceptors (Lipinski definition) is 3. The summed E-state index contributed by atoms with van der Waals surface area (Å²) in [6, 6.07) is 4.63. The van der Waals surface area contributed by atoms with Crippen LogP contribution in [0.4, 0.5) is 0 Å². The van der Waals surface area contributed by atoms with Crippen molar-refractivity contribution in [3.63, 3.8) is 0 Å². The van der Waals surface area contributed by atoms with Crippen LogP contribution in [0, 0.1) is 12.3 Å². The molecule has 0 fully saturated rings. The minimum atomic E-state index is -0.242. The summed E-state index contributed by atoms with van der Waals surface area (Å²) in [4.78, 5) is 0. The minimum Gasteiger partial charge on any atom is -0.512 e. The van der Waals surface area contributed by atoms with Crippen LogP contribution in [0.25, 0.3) is 0 Å². The van der Waals surface area contributed by atoms with Crippen molar-refractivity contribution in [2.24, 2.45) is 0 Å². The number of allylic oxidation sites excluding steroid dienone is 2. The van der Waals surface area contributed by atoms with Crippen molar-refractivity contribution in [1.82, 2.24) is 0 Å². The third-order valence-electron chi connectivity index (χ3n) is 3.20. The number of benzene rings is 1. The molecule has 0 aromatic heterocycles. The second-order valence-corrected chi connectivity index (χ2v) is 5.24. The molecule has 1 aromatic rings. The molecule has 0 aliphatic carbocycles. The largest absolute Gasteiger partial charge is 0.512 e. The van der Waals surface area contributed by atoms with Gasteiger partial charge in [0.2, 0.25) is 0 Å². The van der Waals surface area contributed by atoms with Gasteiger partial charge in [-0.25, -0.2) is 0 Å². The van der Waals surface area contributed by atoms with E-state index < -0.39 is 0 Å². The minimum absolute atomic E-state index is 0.0478. The lowest BCUT2D eigenvalue weighted by Gasteiger charge is -2.26. The first-order chi connectivity index (χ1) is 8.86. The highest BCUT2D eigenvalue weighted by Gasteiger charge is 2.23. The standard InChI is InChI=1S/C16H20O3/c1-4-6-12(17)7-5-10-16(2,3)14-9-8-13(18)11-15(14)19/h1,6,8-9,11,17-19H,5,7,10H2,2-3H3/b12-6+. The molecule has 3 heteroatoms. The number of phenolic OH excluding ortho intramolecular Hbond substituents is 2. The van der Waals surface area contributed by atoms with Gasteiger partial charge in [0.15, 0.2) is 0 Å². The van der Waals surface area contributed by atoms with E-state index in [1.165, 1.54) is 12.1 Å². The first-order valence-electron chi connectivity index (χ1n) is 6.23. The fourth-order valence-electron chi connectivity index (χ4n) is 2.11. The lowest BCUT2D eigenvalue weighted by atomic mass is 9.79. The average Bonchev–Trinajstić information content (AvgIpc) is 2.28. The summed E-state index contributed by atoms with van der Waals surface area (Å²) in [5.41, 5.74) is 0.541. The molecule has 0 aliphatic rings. The molecule has 0 bridgehead atoms. The maximum Gasteiger partial charge on any atom is 0.122 e. The first-order valence-corrected chi connectivity index (χ1v) is 6.23. The molecule has 19 heavy (non-hydrogen) atoms. The molecule has 0 spiro atoms.